The van der Waals surface area contributed by atoms with Gasteiger partial charge < -0.3 is 10.6 Å². The third kappa shape index (κ3) is 5.16. The van der Waals surface area contributed by atoms with Crippen LogP contribution in [0.2, 0.25) is 0 Å². The molecule has 0 unspecified atom stereocenters. The molecular weight excluding hydrogens is 352 g/mol. The molecule has 1 atom stereocenters. The van der Waals surface area contributed by atoms with Crippen LogP contribution in [0.3, 0.4) is 0 Å². The van der Waals surface area contributed by atoms with E-state index < -0.39 is 0 Å². The fraction of sp³-hybridized carbons (Fsp3) is 0.409. The molecule has 0 radical (unpaired) electrons. The molecule has 2 heterocycles. The maximum atomic E-state index is 12.3. The molecule has 0 saturated carbocycles. The standard InChI is InChI=1S/C22H28N4O2/c1-16-7-5-9-19(17(16)2)25-22(28)13-21(27)24-15-20(26-11-3-4-12-26)18-8-6-10-23-14-18/h5-10,14,20H,3-4,11-13,15H2,1-2H3,(H,24,27)(H,25,28)/t20-/m1/s1. The molecule has 0 spiro atoms. The number of anilines is 1. The second-order valence-electron chi connectivity index (χ2n) is 7.32. The van der Waals surface area contributed by atoms with Crippen molar-refractivity contribution in [2.24, 2.45) is 0 Å². The Morgan fingerprint density at radius 3 is 2.61 bits per heavy atom. The number of hydrogen-bond donors (Lipinski definition) is 2. The van der Waals surface area contributed by atoms with Gasteiger partial charge in [-0.3, -0.25) is 19.5 Å². The summed E-state index contributed by atoms with van der Waals surface area (Å²) in [6, 6.07) is 9.78. The summed E-state index contributed by atoms with van der Waals surface area (Å²) in [7, 11) is 0. The van der Waals surface area contributed by atoms with Crippen LogP contribution < -0.4 is 10.6 Å². The van der Waals surface area contributed by atoms with Crippen LogP contribution in [0.25, 0.3) is 0 Å². The highest BCUT2D eigenvalue weighted by molar-refractivity contribution is 6.03. The first kappa shape index (κ1) is 20.0. The van der Waals surface area contributed by atoms with Crippen molar-refractivity contribution in [3.63, 3.8) is 0 Å². The first-order chi connectivity index (χ1) is 13.5. The van der Waals surface area contributed by atoms with E-state index in [1.165, 1.54) is 12.8 Å². The number of likely N-dealkylation sites (tertiary alicyclic amines) is 1. The number of amides is 2. The average Bonchev–Trinajstić information content (AvgIpc) is 3.21. The van der Waals surface area contributed by atoms with Crippen molar-refractivity contribution >= 4 is 17.5 Å². The van der Waals surface area contributed by atoms with E-state index in [-0.39, 0.29) is 24.3 Å². The Morgan fingerprint density at radius 2 is 1.89 bits per heavy atom. The zero-order valence-electron chi connectivity index (χ0n) is 16.6. The molecule has 6 heteroatoms. The Hall–Kier alpha value is -2.73. The first-order valence-corrected chi connectivity index (χ1v) is 9.81. The second kappa shape index (κ2) is 9.46. The molecule has 28 heavy (non-hydrogen) atoms. The molecule has 2 amide bonds. The topological polar surface area (TPSA) is 74.3 Å². The maximum absolute atomic E-state index is 12.3. The van der Waals surface area contributed by atoms with E-state index in [0.717, 1.165) is 35.5 Å². The molecule has 1 aromatic carbocycles. The number of carbonyl (C=O) groups excluding carboxylic acids is 2. The molecule has 2 aromatic rings. The third-order valence-electron chi connectivity index (χ3n) is 5.34. The van der Waals surface area contributed by atoms with Crippen molar-refractivity contribution in [2.75, 3.05) is 25.0 Å². The number of nitrogens with one attached hydrogen (secondary N) is 2. The molecular formula is C22H28N4O2. The van der Waals surface area contributed by atoms with E-state index in [1.54, 1.807) is 6.20 Å². The highest BCUT2D eigenvalue weighted by Crippen LogP contribution is 2.24. The number of aryl methyl sites for hydroxylation is 1. The molecule has 1 saturated heterocycles. The summed E-state index contributed by atoms with van der Waals surface area (Å²) >= 11 is 0. The molecule has 1 aliphatic rings. The summed E-state index contributed by atoms with van der Waals surface area (Å²) in [5, 5.41) is 5.77. The van der Waals surface area contributed by atoms with E-state index >= 15 is 0 Å². The lowest BCUT2D eigenvalue weighted by molar-refractivity contribution is -0.127. The quantitative estimate of drug-likeness (QED) is 0.724. The number of carbonyl (C=O) groups is 2. The predicted octanol–water partition coefficient (Wildman–Crippen LogP) is 2.98. The van der Waals surface area contributed by atoms with Gasteiger partial charge >= 0.3 is 0 Å². The Balaban J connectivity index is 1.55. The number of hydrogen-bond acceptors (Lipinski definition) is 4. The fourth-order valence-corrected chi connectivity index (χ4v) is 3.58. The highest BCUT2D eigenvalue weighted by Gasteiger charge is 2.24. The van der Waals surface area contributed by atoms with E-state index in [4.69, 9.17) is 0 Å². The lowest BCUT2D eigenvalue weighted by atomic mass is 10.1. The van der Waals surface area contributed by atoms with Crippen LogP contribution in [0, 0.1) is 13.8 Å². The summed E-state index contributed by atoms with van der Waals surface area (Å²) < 4.78 is 0. The first-order valence-electron chi connectivity index (χ1n) is 9.81. The molecule has 148 valence electrons. The molecule has 1 aliphatic heterocycles. The van der Waals surface area contributed by atoms with Crippen molar-refractivity contribution < 1.29 is 9.59 Å². The van der Waals surface area contributed by atoms with Crippen LogP contribution in [0.15, 0.2) is 42.7 Å². The van der Waals surface area contributed by atoms with Crippen molar-refractivity contribution in [3.8, 4) is 0 Å². The third-order valence-corrected chi connectivity index (χ3v) is 5.34. The SMILES string of the molecule is Cc1cccc(NC(=O)CC(=O)NC[C@H](c2cccnc2)N2CCCC2)c1C. The summed E-state index contributed by atoms with van der Waals surface area (Å²) in [6.45, 7) is 6.46. The second-order valence-corrected chi connectivity index (χ2v) is 7.32. The zero-order chi connectivity index (χ0) is 19.9. The lowest BCUT2D eigenvalue weighted by Gasteiger charge is -2.27. The zero-order valence-corrected chi connectivity index (χ0v) is 16.6. The summed E-state index contributed by atoms with van der Waals surface area (Å²) in [4.78, 5) is 31.2. The molecule has 0 aliphatic carbocycles. The largest absolute Gasteiger partial charge is 0.354 e. The number of pyridine rings is 1. The number of aromatic nitrogens is 1. The van der Waals surface area contributed by atoms with Gasteiger partial charge in [-0.1, -0.05) is 18.2 Å². The van der Waals surface area contributed by atoms with Crippen LogP contribution in [0.1, 0.15) is 42.0 Å². The predicted molar refractivity (Wildman–Crippen MR) is 110 cm³/mol. The van der Waals surface area contributed by atoms with E-state index in [1.807, 2.05) is 50.4 Å². The number of rotatable bonds is 7. The highest BCUT2D eigenvalue weighted by atomic mass is 16.2. The summed E-state index contributed by atoms with van der Waals surface area (Å²) in [5.74, 6) is -0.568. The Morgan fingerprint density at radius 1 is 1.11 bits per heavy atom. The smallest absolute Gasteiger partial charge is 0.233 e. The Kier molecular flexibility index (Phi) is 6.76. The van der Waals surface area contributed by atoms with Crippen LogP contribution >= 0.6 is 0 Å². The minimum absolute atomic E-state index is 0.0854. The Labute approximate surface area is 166 Å². The van der Waals surface area contributed by atoms with Gasteiger partial charge in [0.1, 0.15) is 6.42 Å². The van der Waals surface area contributed by atoms with Crippen LogP contribution in [-0.4, -0.2) is 41.3 Å². The lowest BCUT2D eigenvalue weighted by Crippen LogP contribution is -2.38. The molecule has 3 rings (SSSR count). The van der Waals surface area contributed by atoms with Crippen molar-refractivity contribution in [2.45, 2.75) is 39.2 Å². The van der Waals surface area contributed by atoms with Gasteiger partial charge in [0, 0.05) is 24.6 Å². The minimum atomic E-state index is -0.301. The van der Waals surface area contributed by atoms with Crippen molar-refractivity contribution in [3.05, 3.63) is 59.4 Å². The van der Waals surface area contributed by atoms with Crippen LogP contribution in [0.4, 0.5) is 5.69 Å². The van der Waals surface area contributed by atoms with Gasteiger partial charge in [0.25, 0.3) is 0 Å². The van der Waals surface area contributed by atoms with Crippen molar-refractivity contribution in [1.29, 1.82) is 0 Å². The summed E-state index contributed by atoms with van der Waals surface area (Å²) in [5.41, 5.74) is 3.96. The molecule has 1 aromatic heterocycles. The van der Waals surface area contributed by atoms with Gasteiger partial charge in [0.2, 0.25) is 11.8 Å². The minimum Gasteiger partial charge on any atom is -0.354 e. The average molecular weight is 380 g/mol. The molecule has 0 bridgehead atoms. The Bertz CT molecular complexity index is 817. The molecule has 6 nitrogen and oxygen atoms in total. The van der Waals surface area contributed by atoms with Crippen LogP contribution in [-0.2, 0) is 9.59 Å². The van der Waals surface area contributed by atoms with E-state index in [2.05, 4.69) is 20.5 Å². The molecule has 1 fully saturated rings. The number of benzene rings is 1. The van der Waals surface area contributed by atoms with Gasteiger partial charge in [-0.15, -0.1) is 0 Å². The van der Waals surface area contributed by atoms with Gasteiger partial charge in [0.05, 0.1) is 6.04 Å². The van der Waals surface area contributed by atoms with Gasteiger partial charge in [0.15, 0.2) is 0 Å². The van der Waals surface area contributed by atoms with Gasteiger partial charge in [-0.25, -0.2) is 0 Å². The maximum Gasteiger partial charge on any atom is 0.233 e. The van der Waals surface area contributed by atoms with E-state index in [9.17, 15) is 9.59 Å². The molecule has 2 N–H and O–H groups in total. The van der Waals surface area contributed by atoms with E-state index in [0.29, 0.717) is 6.54 Å². The van der Waals surface area contributed by atoms with Crippen molar-refractivity contribution in [1.82, 2.24) is 15.2 Å². The van der Waals surface area contributed by atoms with Crippen LogP contribution in [0.5, 0.6) is 0 Å². The monoisotopic (exact) mass is 380 g/mol. The number of nitrogens with zero attached hydrogens (tertiary/aromatic N) is 2. The van der Waals surface area contributed by atoms with Gasteiger partial charge in [-0.05, 0) is 68.6 Å². The normalized spacial score (nSPS) is 15.2. The van der Waals surface area contributed by atoms with Gasteiger partial charge in [-0.2, -0.15) is 0 Å². The fourth-order valence-electron chi connectivity index (χ4n) is 3.58. The summed E-state index contributed by atoms with van der Waals surface area (Å²) in [6.07, 6.45) is 5.75.